The molecule has 0 fully saturated rings. The molecule has 0 aliphatic carbocycles. The molecule has 0 unspecified atom stereocenters. The molecule has 0 aliphatic rings. The van der Waals surface area contributed by atoms with Crippen molar-refractivity contribution in [3.8, 4) is 0 Å². The molecule has 0 aliphatic heterocycles. The zero-order valence-electron chi connectivity index (χ0n) is 10.8. The van der Waals surface area contributed by atoms with E-state index < -0.39 is 0 Å². The minimum atomic E-state index is 0.182. The number of hydrogen-bond acceptors (Lipinski definition) is 2. The van der Waals surface area contributed by atoms with Crippen LogP contribution in [0, 0.1) is 0 Å². The maximum atomic E-state index is 11.5. The first-order valence-corrected chi connectivity index (χ1v) is 5.92. The van der Waals surface area contributed by atoms with Gasteiger partial charge in [0.15, 0.2) is 5.78 Å². The van der Waals surface area contributed by atoms with E-state index in [0.29, 0.717) is 6.42 Å². The molecule has 0 radical (unpaired) electrons. The Morgan fingerprint density at radius 1 is 1.35 bits per heavy atom. The summed E-state index contributed by atoms with van der Waals surface area (Å²) in [5.41, 5.74) is 3.39. The molecule has 0 bridgehead atoms. The van der Waals surface area contributed by atoms with Crippen LogP contribution in [0.5, 0.6) is 0 Å². The molecule has 0 atom stereocenters. The van der Waals surface area contributed by atoms with Gasteiger partial charge in [-0.15, -0.1) is 0 Å². The number of hydrogen-bond donors (Lipinski definition) is 0. The molecule has 1 rings (SSSR count). The van der Waals surface area contributed by atoms with Gasteiger partial charge in [-0.25, -0.2) is 0 Å². The zero-order chi connectivity index (χ0) is 12.7. The fourth-order valence-electron chi connectivity index (χ4n) is 1.64. The topological polar surface area (TPSA) is 30.2 Å². The van der Waals surface area contributed by atoms with E-state index in [0.717, 1.165) is 24.0 Å². The Morgan fingerprint density at radius 2 is 2.12 bits per heavy atom. The van der Waals surface area contributed by atoms with Gasteiger partial charge in [0, 0.05) is 6.42 Å². The lowest BCUT2D eigenvalue weighted by molar-refractivity contribution is -0.114. The van der Waals surface area contributed by atoms with Crippen molar-refractivity contribution < 1.29 is 9.21 Å². The molecule has 92 valence electrons. The lowest BCUT2D eigenvalue weighted by Gasteiger charge is -1.98. The number of carbonyl (C=O) groups is 1. The lowest BCUT2D eigenvalue weighted by atomic mass is 10.1. The third-order valence-electron chi connectivity index (χ3n) is 2.41. The SMILES string of the molecule is CC(C)=CC(=O)CC(C)=CCCc1ccoc1. The number of aryl methyl sites for hydroxylation is 1. The van der Waals surface area contributed by atoms with E-state index in [4.69, 9.17) is 4.42 Å². The summed E-state index contributed by atoms with van der Waals surface area (Å²) in [5, 5.41) is 0. The van der Waals surface area contributed by atoms with Crippen molar-refractivity contribution in [3.05, 3.63) is 47.5 Å². The van der Waals surface area contributed by atoms with Gasteiger partial charge in [0.1, 0.15) is 0 Å². The maximum Gasteiger partial charge on any atom is 0.159 e. The Labute approximate surface area is 103 Å². The normalized spacial score (nSPS) is 11.4. The number of furan rings is 1. The van der Waals surface area contributed by atoms with Crippen LogP contribution in [0.2, 0.25) is 0 Å². The first-order chi connectivity index (χ1) is 8.08. The van der Waals surface area contributed by atoms with E-state index in [1.165, 1.54) is 5.56 Å². The number of carbonyl (C=O) groups excluding carboxylic acids is 1. The van der Waals surface area contributed by atoms with Gasteiger partial charge in [0.25, 0.3) is 0 Å². The van der Waals surface area contributed by atoms with E-state index in [1.807, 2.05) is 26.8 Å². The largest absolute Gasteiger partial charge is 0.472 e. The summed E-state index contributed by atoms with van der Waals surface area (Å²) in [7, 11) is 0. The van der Waals surface area contributed by atoms with Crippen LogP contribution in [0.25, 0.3) is 0 Å². The average Bonchev–Trinajstić information content (AvgIpc) is 2.68. The molecule has 1 aromatic rings. The van der Waals surface area contributed by atoms with Gasteiger partial charge in [-0.3, -0.25) is 4.79 Å². The molecule has 0 aromatic carbocycles. The van der Waals surface area contributed by atoms with E-state index in [9.17, 15) is 4.79 Å². The summed E-state index contributed by atoms with van der Waals surface area (Å²) < 4.78 is 5.00. The monoisotopic (exact) mass is 232 g/mol. The highest BCUT2D eigenvalue weighted by molar-refractivity contribution is 5.91. The van der Waals surface area contributed by atoms with Crippen LogP contribution >= 0.6 is 0 Å². The first kappa shape index (κ1) is 13.5. The molecule has 0 spiro atoms. The summed E-state index contributed by atoms with van der Waals surface area (Å²) >= 11 is 0. The second-order valence-corrected chi connectivity index (χ2v) is 4.59. The second kappa shape index (κ2) is 6.89. The van der Waals surface area contributed by atoms with Crippen molar-refractivity contribution in [2.24, 2.45) is 0 Å². The van der Waals surface area contributed by atoms with Gasteiger partial charge in [-0.2, -0.15) is 0 Å². The molecule has 0 N–H and O–H groups in total. The van der Waals surface area contributed by atoms with Gasteiger partial charge in [-0.05, 0) is 51.3 Å². The van der Waals surface area contributed by atoms with Gasteiger partial charge in [0.05, 0.1) is 12.5 Å². The molecule has 0 saturated carbocycles. The molecule has 2 heteroatoms. The van der Waals surface area contributed by atoms with E-state index in [-0.39, 0.29) is 5.78 Å². The zero-order valence-corrected chi connectivity index (χ0v) is 10.8. The minimum absolute atomic E-state index is 0.182. The Balaban J connectivity index is 2.34. The van der Waals surface area contributed by atoms with Crippen molar-refractivity contribution in [2.75, 3.05) is 0 Å². The smallest absolute Gasteiger partial charge is 0.159 e. The van der Waals surface area contributed by atoms with Crippen molar-refractivity contribution in [3.63, 3.8) is 0 Å². The van der Waals surface area contributed by atoms with Crippen molar-refractivity contribution >= 4 is 5.78 Å². The lowest BCUT2D eigenvalue weighted by Crippen LogP contribution is -1.94. The van der Waals surface area contributed by atoms with Crippen molar-refractivity contribution in [2.45, 2.75) is 40.0 Å². The average molecular weight is 232 g/mol. The second-order valence-electron chi connectivity index (χ2n) is 4.59. The van der Waals surface area contributed by atoms with Crippen LogP contribution in [0.4, 0.5) is 0 Å². The summed E-state index contributed by atoms with van der Waals surface area (Å²) in [6.45, 7) is 5.89. The Bertz CT molecular complexity index is 404. The van der Waals surface area contributed by atoms with Crippen LogP contribution in [-0.2, 0) is 11.2 Å². The van der Waals surface area contributed by atoms with Crippen LogP contribution < -0.4 is 0 Å². The summed E-state index contributed by atoms with van der Waals surface area (Å²) in [4.78, 5) is 11.5. The van der Waals surface area contributed by atoms with E-state index >= 15 is 0 Å². The minimum Gasteiger partial charge on any atom is -0.472 e. The Hall–Kier alpha value is -1.57. The predicted molar refractivity (Wildman–Crippen MR) is 69.8 cm³/mol. The highest BCUT2D eigenvalue weighted by Crippen LogP contribution is 2.08. The number of rotatable bonds is 6. The fraction of sp³-hybridized carbons (Fsp3) is 0.400. The van der Waals surface area contributed by atoms with Crippen LogP contribution in [0.15, 0.2) is 46.3 Å². The van der Waals surface area contributed by atoms with E-state index in [2.05, 4.69) is 6.08 Å². The van der Waals surface area contributed by atoms with Crippen LogP contribution in [-0.4, -0.2) is 5.78 Å². The number of ketones is 1. The third-order valence-corrected chi connectivity index (χ3v) is 2.41. The number of allylic oxidation sites excluding steroid dienone is 4. The first-order valence-electron chi connectivity index (χ1n) is 5.92. The summed E-state index contributed by atoms with van der Waals surface area (Å²) in [6.07, 6.45) is 9.72. The molecule has 1 aromatic heterocycles. The van der Waals surface area contributed by atoms with Crippen molar-refractivity contribution in [1.29, 1.82) is 0 Å². The molecule has 1 heterocycles. The highest BCUT2D eigenvalue weighted by Gasteiger charge is 1.99. The Kier molecular flexibility index (Phi) is 5.47. The van der Waals surface area contributed by atoms with E-state index in [1.54, 1.807) is 18.6 Å². The van der Waals surface area contributed by atoms with Gasteiger partial charge in [-0.1, -0.05) is 17.2 Å². The van der Waals surface area contributed by atoms with Crippen molar-refractivity contribution in [1.82, 2.24) is 0 Å². The highest BCUT2D eigenvalue weighted by atomic mass is 16.3. The molecule has 17 heavy (non-hydrogen) atoms. The summed E-state index contributed by atoms with van der Waals surface area (Å²) in [5.74, 6) is 0.182. The molecular formula is C15H20O2. The molecular weight excluding hydrogens is 212 g/mol. The standard InChI is InChI=1S/C15H20O2/c1-12(2)9-15(16)10-13(3)5-4-6-14-7-8-17-11-14/h5,7-9,11H,4,6,10H2,1-3H3. The molecule has 2 nitrogen and oxygen atoms in total. The molecule has 0 saturated heterocycles. The van der Waals surface area contributed by atoms with Gasteiger partial charge in [0.2, 0.25) is 0 Å². The third kappa shape index (κ3) is 5.91. The maximum absolute atomic E-state index is 11.5. The fourth-order valence-corrected chi connectivity index (χ4v) is 1.64. The Morgan fingerprint density at radius 3 is 2.71 bits per heavy atom. The quantitative estimate of drug-likeness (QED) is 0.546. The summed E-state index contributed by atoms with van der Waals surface area (Å²) in [6, 6.07) is 1.97. The molecule has 0 amide bonds. The van der Waals surface area contributed by atoms with Gasteiger partial charge >= 0.3 is 0 Å². The van der Waals surface area contributed by atoms with Crippen LogP contribution in [0.1, 0.15) is 39.2 Å². The van der Waals surface area contributed by atoms with Crippen LogP contribution in [0.3, 0.4) is 0 Å². The predicted octanol–water partition coefficient (Wildman–Crippen LogP) is 4.08. The van der Waals surface area contributed by atoms with Gasteiger partial charge < -0.3 is 4.42 Å².